The molecule has 26 heavy (non-hydrogen) atoms. The van der Waals surface area contributed by atoms with E-state index in [4.69, 9.17) is 0 Å². The normalized spacial score (nSPS) is 10.3. The first kappa shape index (κ1) is 18.2. The predicted molar refractivity (Wildman–Crippen MR) is 90.6 cm³/mol. The Morgan fingerprint density at radius 3 is 1.85 bits per heavy atom. The van der Waals surface area contributed by atoms with Gasteiger partial charge in [-0.3, -0.25) is 29.8 Å². The maximum absolute atomic E-state index is 11.7. The Hall–Kier alpha value is -4.15. The molecule has 2 aromatic carbocycles. The number of benzene rings is 2. The first-order valence-corrected chi connectivity index (χ1v) is 7.00. The largest absolute Gasteiger partial charge is 0.329 e. The number of rotatable bonds is 5. The summed E-state index contributed by atoms with van der Waals surface area (Å²) in [5.74, 6) is -2.07. The highest BCUT2D eigenvalue weighted by molar-refractivity contribution is 6.39. The molecular formula is C15H11N5O6. The van der Waals surface area contributed by atoms with Crippen molar-refractivity contribution in [2.45, 2.75) is 0 Å². The first-order valence-electron chi connectivity index (χ1n) is 7.00. The summed E-state index contributed by atoms with van der Waals surface area (Å²) in [7, 11) is 0. The van der Waals surface area contributed by atoms with Gasteiger partial charge in [-0.2, -0.15) is 5.10 Å². The van der Waals surface area contributed by atoms with Gasteiger partial charge in [0.1, 0.15) is 0 Å². The molecule has 0 aromatic heterocycles. The monoisotopic (exact) mass is 357 g/mol. The molecule has 0 atom stereocenters. The Morgan fingerprint density at radius 2 is 1.35 bits per heavy atom. The quantitative estimate of drug-likeness (QED) is 0.358. The standard InChI is InChI=1S/C15H11N5O6/c21-14(17-11-3-7-13(8-4-11)20(25)26)15(22)18-16-9-10-1-5-12(6-2-10)19(23)24/h1-9H,(H,17,21)(H,18,22)/b16-9-. The molecule has 0 aliphatic carbocycles. The number of hydrogen-bond donors (Lipinski definition) is 2. The first-order chi connectivity index (χ1) is 12.4. The molecule has 0 heterocycles. The van der Waals surface area contributed by atoms with Crippen LogP contribution in [0.5, 0.6) is 0 Å². The number of amides is 2. The zero-order valence-electron chi connectivity index (χ0n) is 13.0. The van der Waals surface area contributed by atoms with Crippen LogP contribution >= 0.6 is 0 Å². The second-order valence-corrected chi connectivity index (χ2v) is 4.81. The van der Waals surface area contributed by atoms with Crippen LogP contribution in [0.2, 0.25) is 0 Å². The summed E-state index contributed by atoms with van der Waals surface area (Å²) in [5, 5.41) is 26.9. The Kier molecular flexibility index (Phi) is 5.67. The number of anilines is 1. The predicted octanol–water partition coefficient (Wildman–Crippen LogP) is 1.59. The third kappa shape index (κ3) is 4.92. The Morgan fingerprint density at radius 1 is 0.846 bits per heavy atom. The molecule has 0 bridgehead atoms. The molecule has 11 nitrogen and oxygen atoms in total. The van der Waals surface area contributed by atoms with Gasteiger partial charge in [-0.1, -0.05) is 0 Å². The molecule has 2 amide bonds. The van der Waals surface area contributed by atoms with E-state index >= 15 is 0 Å². The maximum Gasteiger partial charge on any atom is 0.329 e. The fraction of sp³-hybridized carbons (Fsp3) is 0. The number of hydrazone groups is 1. The molecule has 2 aromatic rings. The van der Waals surface area contributed by atoms with Crippen LogP contribution in [0, 0.1) is 20.2 Å². The van der Waals surface area contributed by atoms with E-state index in [-0.39, 0.29) is 17.1 Å². The topological polar surface area (TPSA) is 157 Å². The molecule has 0 saturated heterocycles. The number of nitro groups is 2. The van der Waals surface area contributed by atoms with Crippen molar-refractivity contribution >= 4 is 35.1 Å². The zero-order valence-corrected chi connectivity index (χ0v) is 13.0. The van der Waals surface area contributed by atoms with Crippen molar-refractivity contribution in [2.75, 3.05) is 5.32 Å². The maximum atomic E-state index is 11.7. The minimum Gasteiger partial charge on any atom is -0.318 e. The van der Waals surface area contributed by atoms with Gasteiger partial charge in [-0.05, 0) is 29.8 Å². The third-order valence-corrected chi connectivity index (χ3v) is 3.03. The summed E-state index contributed by atoms with van der Waals surface area (Å²) in [5.41, 5.74) is 2.43. The SMILES string of the molecule is O=C(N/N=C\c1ccc([N+](=O)[O-])cc1)C(=O)Nc1ccc([N+](=O)[O-])cc1. The smallest absolute Gasteiger partial charge is 0.318 e. The van der Waals surface area contributed by atoms with Crippen LogP contribution in [0.3, 0.4) is 0 Å². The van der Waals surface area contributed by atoms with Gasteiger partial charge in [0, 0.05) is 30.0 Å². The molecule has 0 fully saturated rings. The van der Waals surface area contributed by atoms with Gasteiger partial charge in [0.2, 0.25) is 0 Å². The Labute approximate surface area is 145 Å². The lowest BCUT2D eigenvalue weighted by Crippen LogP contribution is -2.32. The van der Waals surface area contributed by atoms with E-state index in [0.717, 1.165) is 0 Å². The van der Waals surface area contributed by atoms with E-state index in [2.05, 4.69) is 10.4 Å². The van der Waals surface area contributed by atoms with Crippen molar-refractivity contribution in [1.29, 1.82) is 0 Å². The molecule has 0 radical (unpaired) electrons. The van der Waals surface area contributed by atoms with E-state index in [1.165, 1.54) is 54.7 Å². The zero-order chi connectivity index (χ0) is 19.1. The lowest BCUT2D eigenvalue weighted by atomic mass is 10.2. The highest BCUT2D eigenvalue weighted by atomic mass is 16.6. The average molecular weight is 357 g/mol. The van der Waals surface area contributed by atoms with Crippen molar-refractivity contribution in [3.05, 3.63) is 74.3 Å². The molecule has 0 spiro atoms. The summed E-state index contributed by atoms with van der Waals surface area (Å²) >= 11 is 0. The van der Waals surface area contributed by atoms with Crippen molar-refractivity contribution in [3.63, 3.8) is 0 Å². The number of nitrogens with zero attached hydrogens (tertiary/aromatic N) is 3. The van der Waals surface area contributed by atoms with E-state index in [1.54, 1.807) is 0 Å². The average Bonchev–Trinajstić information content (AvgIpc) is 2.62. The minimum atomic E-state index is -1.05. The molecule has 0 aliphatic heterocycles. The lowest BCUT2D eigenvalue weighted by Gasteiger charge is -2.03. The van der Waals surface area contributed by atoms with Crippen LogP contribution in [-0.4, -0.2) is 27.9 Å². The highest BCUT2D eigenvalue weighted by Crippen LogP contribution is 2.15. The highest BCUT2D eigenvalue weighted by Gasteiger charge is 2.13. The van der Waals surface area contributed by atoms with Crippen molar-refractivity contribution < 1.29 is 19.4 Å². The van der Waals surface area contributed by atoms with Crippen LogP contribution in [0.1, 0.15) is 5.56 Å². The van der Waals surface area contributed by atoms with Crippen LogP contribution in [0.4, 0.5) is 17.1 Å². The van der Waals surface area contributed by atoms with E-state index in [9.17, 15) is 29.8 Å². The second-order valence-electron chi connectivity index (χ2n) is 4.81. The minimum absolute atomic E-state index is 0.0892. The number of carbonyl (C=O) groups is 2. The number of hydrogen-bond acceptors (Lipinski definition) is 7. The number of nitrogens with one attached hydrogen (secondary N) is 2. The molecule has 0 unspecified atom stereocenters. The van der Waals surface area contributed by atoms with E-state index < -0.39 is 21.7 Å². The van der Waals surface area contributed by atoms with Gasteiger partial charge in [0.05, 0.1) is 16.1 Å². The second kappa shape index (κ2) is 8.10. The van der Waals surface area contributed by atoms with Crippen LogP contribution in [-0.2, 0) is 9.59 Å². The van der Waals surface area contributed by atoms with Crippen molar-refractivity contribution in [2.24, 2.45) is 5.10 Å². The summed E-state index contributed by atoms with van der Waals surface area (Å²) < 4.78 is 0. The summed E-state index contributed by atoms with van der Waals surface area (Å²) in [4.78, 5) is 43.2. The molecule has 132 valence electrons. The third-order valence-electron chi connectivity index (χ3n) is 3.03. The van der Waals surface area contributed by atoms with Gasteiger partial charge in [0.15, 0.2) is 0 Å². The van der Waals surface area contributed by atoms with Gasteiger partial charge in [-0.15, -0.1) is 0 Å². The van der Waals surface area contributed by atoms with Crippen LogP contribution in [0.25, 0.3) is 0 Å². The molecule has 2 rings (SSSR count). The van der Waals surface area contributed by atoms with Gasteiger partial charge in [-0.25, -0.2) is 5.43 Å². The van der Waals surface area contributed by atoms with E-state index in [1.807, 2.05) is 5.43 Å². The number of carbonyl (C=O) groups excluding carboxylic acids is 2. The molecular weight excluding hydrogens is 346 g/mol. The summed E-state index contributed by atoms with van der Waals surface area (Å²) in [6, 6.07) is 10.3. The molecule has 0 saturated carbocycles. The fourth-order valence-electron chi connectivity index (χ4n) is 1.75. The summed E-state index contributed by atoms with van der Waals surface area (Å²) in [6.07, 6.45) is 1.21. The fourth-order valence-corrected chi connectivity index (χ4v) is 1.75. The Bertz CT molecular complexity index is 876. The molecule has 0 aliphatic rings. The number of nitro benzene ring substituents is 2. The molecule has 2 N–H and O–H groups in total. The van der Waals surface area contributed by atoms with Gasteiger partial charge >= 0.3 is 11.8 Å². The molecule has 11 heteroatoms. The summed E-state index contributed by atoms with van der Waals surface area (Å²) in [6.45, 7) is 0. The van der Waals surface area contributed by atoms with Crippen LogP contribution in [0.15, 0.2) is 53.6 Å². The lowest BCUT2D eigenvalue weighted by molar-refractivity contribution is -0.385. The van der Waals surface area contributed by atoms with Gasteiger partial charge in [0.25, 0.3) is 11.4 Å². The number of non-ortho nitro benzene ring substituents is 2. The van der Waals surface area contributed by atoms with Crippen LogP contribution < -0.4 is 10.7 Å². The van der Waals surface area contributed by atoms with Crippen molar-refractivity contribution in [3.8, 4) is 0 Å². The van der Waals surface area contributed by atoms with E-state index in [0.29, 0.717) is 5.56 Å². The van der Waals surface area contributed by atoms with Crippen molar-refractivity contribution in [1.82, 2.24) is 5.43 Å². The van der Waals surface area contributed by atoms with Gasteiger partial charge < -0.3 is 5.32 Å². The Balaban J connectivity index is 1.89.